The van der Waals surface area contributed by atoms with Crippen LogP contribution in [0, 0.1) is 0 Å². The molecule has 2 aromatic rings. The van der Waals surface area contributed by atoms with Crippen LogP contribution in [0.5, 0.6) is 0 Å². The molecular weight excluding hydrogens is 338 g/mol. The van der Waals surface area contributed by atoms with Gasteiger partial charge in [-0.25, -0.2) is 8.42 Å². The topological polar surface area (TPSA) is 74.7 Å². The van der Waals surface area contributed by atoms with E-state index in [1.54, 1.807) is 37.3 Å². The minimum atomic E-state index is -3.90. The minimum absolute atomic E-state index is 0.0583. The lowest BCUT2D eigenvalue weighted by molar-refractivity contribution is -0.137. The average Bonchev–Trinajstić information content (AvgIpc) is 2.47. The van der Waals surface area contributed by atoms with Crippen molar-refractivity contribution >= 4 is 33.3 Å². The smallest absolute Gasteiger partial charge is 0.305 e. The van der Waals surface area contributed by atoms with Crippen LogP contribution in [0.4, 0.5) is 5.69 Å². The van der Waals surface area contributed by atoms with Gasteiger partial charge in [-0.05, 0) is 43.3 Å². The number of hydrogen-bond acceptors (Lipinski definition) is 3. The molecule has 5 nitrogen and oxygen atoms in total. The molecule has 23 heavy (non-hydrogen) atoms. The summed E-state index contributed by atoms with van der Waals surface area (Å²) in [7, 11) is -3.90. The predicted molar refractivity (Wildman–Crippen MR) is 89.3 cm³/mol. The molecule has 7 heteroatoms. The molecule has 1 N–H and O–H groups in total. The summed E-state index contributed by atoms with van der Waals surface area (Å²) in [5.74, 6) is -1.07. The Hall–Kier alpha value is -2.05. The van der Waals surface area contributed by atoms with Gasteiger partial charge in [0.1, 0.15) is 0 Å². The Kier molecular flexibility index (Phi) is 5.28. The first kappa shape index (κ1) is 17.3. The first-order chi connectivity index (χ1) is 10.8. The molecule has 0 aliphatic heterocycles. The quantitative estimate of drug-likeness (QED) is 0.863. The molecule has 0 aliphatic carbocycles. The highest BCUT2D eigenvalue weighted by Gasteiger charge is 2.30. The summed E-state index contributed by atoms with van der Waals surface area (Å²) in [6.45, 7) is 1.56. The summed E-state index contributed by atoms with van der Waals surface area (Å²) in [5, 5.41) is 9.44. The van der Waals surface area contributed by atoms with Crippen molar-refractivity contribution < 1.29 is 18.3 Å². The molecule has 0 aromatic heterocycles. The first-order valence-corrected chi connectivity index (χ1v) is 8.71. The molecule has 0 aliphatic rings. The number of sulfonamides is 1. The summed E-state index contributed by atoms with van der Waals surface area (Å²) in [6, 6.07) is 13.5. The average molecular weight is 354 g/mol. The Morgan fingerprint density at radius 2 is 1.70 bits per heavy atom. The number of carbonyl (C=O) groups is 1. The van der Waals surface area contributed by atoms with Crippen molar-refractivity contribution in [1.29, 1.82) is 0 Å². The number of rotatable bonds is 6. The molecule has 0 fully saturated rings. The number of carboxylic acids is 1. The lowest BCUT2D eigenvalue weighted by Crippen LogP contribution is -2.40. The molecule has 2 rings (SSSR count). The maximum Gasteiger partial charge on any atom is 0.305 e. The zero-order chi connectivity index (χ0) is 17.0. The zero-order valence-electron chi connectivity index (χ0n) is 12.4. The van der Waals surface area contributed by atoms with E-state index in [0.717, 1.165) is 4.31 Å². The highest BCUT2D eigenvalue weighted by Crippen LogP contribution is 2.27. The van der Waals surface area contributed by atoms with Crippen molar-refractivity contribution in [3.63, 3.8) is 0 Å². The highest BCUT2D eigenvalue weighted by atomic mass is 35.5. The Labute approximate surface area is 140 Å². The first-order valence-electron chi connectivity index (χ1n) is 6.89. The van der Waals surface area contributed by atoms with Crippen molar-refractivity contribution in [2.24, 2.45) is 0 Å². The van der Waals surface area contributed by atoms with E-state index < -0.39 is 22.0 Å². The van der Waals surface area contributed by atoms with E-state index in [2.05, 4.69) is 0 Å². The second-order valence-corrected chi connectivity index (χ2v) is 7.29. The normalized spacial score (nSPS) is 12.6. The molecule has 122 valence electrons. The van der Waals surface area contributed by atoms with Gasteiger partial charge in [0.2, 0.25) is 0 Å². The van der Waals surface area contributed by atoms with E-state index in [4.69, 9.17) is 16.7 Å². The monoisotopic (exact) mass is 353 g/mol. The number of nitrogens with zero attached hydrogens (tertiary/aromatic N) is 1. The maximum atomic E-state index is 13.0. The summed E-state index contributed by atoms with van der Waals surface area (Å²) in [6.07, 6.45) is -0.304. The van der Waals surface area contributed by atoms with Gasteiger partial charge in [0.05, 0.1) is 23.0 Å². The van der Waals surface area contributed by atoms with E-state index in [1.165, 1.54) is 24.3 Å². The van der Waals surface area contributed by atoms with Crippen molar-refractivity contribution in [2.75, 3.05) is 4.31 Å². The second-order valence-electron chi connectivity index (χ2n) is 5.04. The van der Waals surface area contributed by atoms with E-state index in [0.29, 0.717) is 10.7 Å². The summed E-state index contributed by atoms with van der Waals surface area (Å²) in [5.41, 5.74) is 0.413. The van der Waals surface area contributed by atoms with Gasteiger partial charge in [-0.3, -0.25) is 9.10 Å². The third-order valence-electron chi connectivity index (χ3n) is 3.25. The van der Waals surface area contributed by atoms with Crippen LogP contribution in [0.1, 0.15) is 13.3 Å². The van der Waals surface area contributed by atoms with Gasteiger partial charge in [-0.2, -0.15) is 0 Å². The van der Waals surface area contributed by atoms with Crippen molar-refractivity contribution in [3.05, 3.63) is 59.6 Å². The number of aliphatic carboxylic acids is 1. The fourth-order valence-corrected chi connectivity index (χ4v) is 4.04. The van der Waals surface area contributed by atoms with E-state index in [-0.39, 0.29) is 11.3 Å². The lowest BCUT2D eigenvalue weighted by Gasteiger charge is -2.29. The van der Waals surface area contributed by atoms with Crippen LogP contribution in [0.2, 0.25) is 5.02 Å². The van der Waals surface area contributed by atoms with Crippen LogP contribution in [0.15, 0.2) is 59.5 Å². The fraction of sp³-hybridized carbons (Fsp3) is 0.188. The number of para-hydroxylation sites is 1. The predicted octanol–water partition coefficient (Wildman–Crippen LogP) is 3.40. The SMILES string of the molecule is C[C@H](CC(=O)O)N(c1ccccc1)S(=O)(=O)c1ccc(Cl)cc1. The number of benzene rings is 2. The molecule has 0 radical (unpaired) electrons. The van der Waals surface area contributed by atoms with Crippen molar-refractivity contribution in [3.8, 4) is 0 Å². The Morgan fingerprint density at radius 3 is 2.22 bits per heavy atom. The van der Waals surface area contributed by atoms with Crippen LogP contribution < -0.4 is 4.31 Å². The van der Waals surface area contributed by atoms with Gasteiger partial charge in [0.15, 0.2) is 0 Å². The van der Waals surface area contributed by atoms with Crippen LogP contribution in [0.25, 0.3) is 0 Å². The molecular formula is C16H16ClNO4S. The molecule has 0 heterocycles. The van der Waals surface area contributed by atoms with Gasteiger partial charge in [0.25, 0.3) is 10.0 Å². The third kappa shape index (κ3) is 4.03. The van der Waals surface area contributed by atoms with Gasteiger partial charge < -0.3 is 5.11 Å². The number of hydrogen-bond donors (Lipinski definition) is 1. The minimum Gasteiger partial charge on any atom is -0.481 e. The van der Waals surface area contributed by atoms with Crippen molar-refractivity contribution in [1.82, 2.24) is 0 Å². The third-order valence-corrected chi connectivity index (χ3v) is 5.46. The van der Waals surface area contributed by atoms with Crippen molar-refractivity contribution in [2.45, 2.75) is 24.3 Å². The maximum absolute atomic E-state index is 13.0. The van der Waals surface area contributed by atoms with Crippen LogP contribution in [-0.4, -0.2) is 25.5 Å². The molecule has 0 saturated carbocycles. The van der Waals surface area contributed by atoms with Gasteiger partial charge in [-0.1, -0.05) is 29.8 Å². The molecule has 0 saturated heterocycles. The van der Waals surface area contributed by atoms with Crippen LogP contribution in [0.3, 0.4) is 0 Å². The molecule has 0 spiro atoms. The summed E-state index contributed by atoms with van der Waals surface area (Å²) < 4.78 is 27.0. The van der Waals surface area contributed by atoms with E-state index in [1.807, 2.05) is 0 Å². The fourth-order valence-electron chi connectivity index (χ4n) is 2.26. The lowest BCUT2D eigenvalue weighted by atomic mass is 10.2. The van der Waals surface area contributed by atoms with E-state index in [9.17, 15) is 13.2 Å². The summed E-state index contributed by atoms with van der Waals surface area (Å²) in [4.78, 5) is 11.1. The molecule has 2 aromatic carbocycles. The van der Waals surface area contributed by atoms with Gasteiger partial charge >= 0.3 is 5.97 Å². The number of anilines is 1. The van der Waals surface area contributed by atoms with Gasteiger partial charge in [-0.15, -0.1) is 0 Å². The largest absolute Gasteiger partial charge is 0.481 e. The Balaban J connectivity index is 2.52. The molecule has 0 amide bonds. The Bertz CT molecular complexity index is 775. The van der Waals surface area contributed by atoms with E-state index >= 15 is 0 Å². The summed E-state index contributed by atoms with van der Waals surface area (Å²) >= 11 is 5.80. The second kappa shape index (κ2) is 7.02. The number of carboxylic acid groups (broad SMARTS) is 1. The Morgan fingerprint density at radius 1 is 1.13 bits per heavy atom. The highest BCUT2D eigenvalue weighted by molar-refractivity contribution is 7.92. The van der Waals surface area contributed by atoms with Gasteiger partial charge in [0, 0.05) is 5.02 Å². The molecule has 1 atom stereocenters. The molecule has 0 bridgehead atoms. The standard InChI is InChI=1S/C16H16ClNO4S/c1-12(11-16(19)20)18(14-5-3-2-4-6-14)23(21,22)15-9-7-13(17)8-10-15/h2-10,12H,11H2,1H3,(H,19,20)/t12-/m1/s1. The van der Waals surface area contributed by atoms with Crippen LogP contribution >= 0.6 is 11.6 Å². The zero-order valence-corrected chi connectivity index (χ0v) is 14.0. The number of halogens is 1. The molecule has 0 unspecified atom stereocenters. The van der Waals surface area contributed by atoms with Crippen LogP contribution in [-0.2, 0) is 14.8 Å².